The Bertz CT molecular complexity index is 590. The molecule has 0 N–H and O–H groups in total. The minimum absolute atomic E-state index is 0. The van der Waals surface area contributed by atoms with Crippen LogP contribution in [0.5, 0.6) is 0 Å². The predicted octanol–water partition coefficient (Wildman–Crippen LogP) is -2.17. The molecule has 2 aliphatic heterocycles. The third-order valence-electron chi connectivity index (χ3n) is 6.53. The summed E-state index contributed by atoms with van der Waals surface area (Å²) in [6, 6.07) is 17.9. The zero-order valence-corrected chi connectivity index (χ0v) is 26.1. The molecule has 2 nitrogen and oxygen atoms in total. The fourth-order valence-corrected chi connectivity index (χ4v) is 10.1. The van der Waals surface area contributed by atoms with Gasteiger partial charge in [-0.15, -0.1) is 10.4 Å². The van der Waals surface area contributed by atoms with Crippen molar-refractivity contribution in [2.24, 2.45) is 0 Å². The van der Waals surface area contributed by atoms with Crippen LogP contribution in [0.1, 0.15) is 25.7 Å². The van der Waals surface area contributed by atoms with E-state index in [9.17, 15) is 0 Å². The van der Waals surface area contributed by atoms with E-state index in [-0.39, 0.29) is 60.2 Å². The molecular weight excluding hydrogens is 599 g/mol. The Morgan fingerprint density at radius 2 is 0.793 bits per heavy atom. The zero-order valence-electron chi connectivity index (χ0n) is 18.4. The van der Waals surface area contributed by atoms with Gasteiger partial charge in [0.25, 0.3) is 0 Å². The molecule has 29 heavy (non-hydrogen) atoms. The molecule has 0 radical (unpaired) electrons. The maximum atomic E-state index is 2.72. The second kappa shape index (κ2) is 13.4. The third kappa shape index (κ3) is 7.47. The molecule has 160 valence electrons. The van der Waals surface area contributed by atoms with Gasteiger partial charge >= 0.3 is 26.2 Å². The van der Waals surface area contributed by atoms with Gasteiger partial charge in [0.05, 0.1) is 16.5 Å². The van der Waals surface area contributed by atoms with Crippen molar-refractivity contribution in [2.45, 2.75) is 51.9 Å². The maximum absolute atomic E-state index is 2.72. The van der Waals surface area contributed by atoms with E-state index in [1.54, 1.807) is 10.4 Å². The minimum atomic E-state index is -1.26. The molecule has 2 aromatic carbocycles. The van der Waals surface area contributed by atoms with Crippen LogP contribution in [-0.2, 0) is 26.2 Å². The van der Waals surface area contributed by atoms with Gasteiger partial charge in [-0.05, 0) is 51.9 Å². The summed E-state index contributed by atoms with van der Waals surface area (Å²) in [5.41, 5.74) is 0. The van der Waals surface area contributed by atoms with Gasteiger partial charge in [-0.2, -0.15) is 24.3 Å². The van der Waals surface area contributed by atoms with Crippen LogP contribution < -0.4 is 44.3 Å². The predicted molar refractivity (Wildman–Crippen MR) is 120 cm³/mol. The third-order valence-corrected chi connectivity index (χ3v) is 14.1. The molecule has 4 rings (SSSR count). The number of hydrogen-bond donors (Lipinski definition) is 0. The van der Waals surface area contributed by atoms with Crippen molar-refractivity contribution in [1.82, 2.24) is 9.13 Å². The SMILES string of the molecule is C[Si](C)([c-]1cccc1)N1CCCC1.C[Si](C)([c-]1cccc1)N1CCCC1.[Br-].[Br-].[Zr+4]. The standard InChI is InChI=1S/2C11H18NSi.2BrH.Zr/c2*1-13(2,11-7-3-4-8-11)12-9-5-6-10-12;;;/h2*3-4,7-8H,5-6,9-10H2,1-2H3;2*1H;/q2*-1;;;+4/p-2. The number of nitrogens with zero attached hydrogens (tertiary/aromatic N) is 2. The largest absolute Gasteiger partial charge is 4.00 e. The maximum Gasteiger partial charge on any atom is 4.00 e. The first-order chi connectivity index (χ1) is 12.4. The molecule has 7 heteroatoms. The van der Waals surface area contributed by atoms with Crippen LogP contribution in [0, 0.1) is 0 Å². The number of halogens is 2. The topological polar surface area (TPSA) is 6.48 Å². The van der Waals surface area contributed by atoms with Crippen molar-refractivity contribution >= 4 is 26.8 Å². The fourth-order valence-electron chi connectivity index (χ4n) is 4.48. The summed E-state index contributed by atoms with van der Waals surface area (Å²) in [6.07, 6.45) is 5.60. The Hall–Kier alpha value is 0.897. The van der Waals surface area contributed by atoms with Gasteiger partial charge in [-0.1, -0.05) is 26.2 Å². The Morgan fingerprint density at radius 3 is 1.03 bits per heavy atom. The second-order valence-electron chi connectivity index (χ2n) is 8.85. The van der Waals surface area contributed by atoms with Crippen LogP contribution in [-0.4, -0.2) is 51.8 Å². The smallest absolute Gasteiger partial charge is 1.00 e. The Labute approximate surface area is 221 Å². The van der Waals surface area contributed by atoms with E-state index < -0.39 is 16.5 Å². The van der Waals surface area contributed by atoms with E-state index in [1.165, 1.54) is 51.9 Å². The van der Waals surface area contributed by atoms with E-state index in [0.717, 1.165) is 0 Å². The first kappa shape index (κ1) is 29.9. The Kier molecular flexibility index (Phi) is 13.9. The molecule has 2 aromatic rings. The van der Waals surface area contributed by atoms with Crippen molar-refractivity contribution in [2.75, 3.05) is 26.2 Å². The average Bonchev–Trinajstić information content (AvgIpc) is 3.47. The van der Waals surface area contributed by atoms with Crippen molar-refractivity contribution in [1.29, 1.82) is 0 Å². The first-order valence-corrected chi connectivity index (χ1v) is 16.3. The quantitative estimate of drug-likeness (QED) is 0.279. The molecular formula is C22H36Br2N2Si2Zr. The van der Waals surface area contributed by atoms with E-state index in [4.69, 9.17) is 0 Å². The first-order valence-electron chi connectivity index (χ1n) is 10.4. The van der Waals surface area contributed by atoms with Gasteiger partial charge in [0.15, 0.2) is 0 Å². The van der Waals surface area contributed by atoms with E-state index in [0.29, 0.717) is 0 Å². The molecule has 2 saturated heterocycles. The molecule has 0 unspecified atom stereocenters. The molecule has 0 spiro atoms. The second-order valence-corrected chi connectivity index (χ2v) is 17.5. The van der Waals surface area contributed by atoms with Crippen molar-refractivity contribution in [3.63, 3.8) is 0 Å². The van der Waals surface area contributed by atoms with Gasteiger partial charge in [0.1, 0.15) is 0 Å². The molecule has 2 fully saturated rings. The molecule has 0 bridgehead atoms. The van der Waals surface area contributed by atoms with E-state index >= 15 is 0 Å². The van der Waals surface area contributed by atoms with E-state index in [1.807, 2.05) is 0 Å². The molecule has 0 atom stereocenters. The molecule has 2 aliphatic rings. The van der Waals surface area contributed by atoms with Crippen LogP contribution in [0.25, 0.3) is 0 Å². The van der Waals surface area contributed by atoms with Crippen LogP contribution in [0.2, 0.25) is 26.2 Å². The van der Waals surface area contributed by atoms with Crippen molar-refractivity contribution in [3.05, 3.63) is 48.5 Å². The van der Waals surface area contributed by atoms with Crippen LogP contribution >= 0.6 is 0 Å². The molecule has 0 saturated carbocycles. The minimum Gasteiger partial charge on any atom is -1.00 e. The summed E-state index contributed by atoms with van der Waals surface area (Å²) in [5, 5.41) is 3.18. The van der Waals surface area contributed by atoms with Crippen LogP contribution in [0.15, 0.2) is 48.5 Å². The summed E-state index contributed by atoms with van der Waals surface area (Å²) < 4.78 is 5.45. The van der Waals surface area contributed by atoms with Crippen LogP contribution in [0.3, 0.4) is 0 Å². The normalized spacial score (nSPS) is 17.5. The summed E-state index contributed by atoms with van der Waals surface area (Å²) >= 11 is 0. The van der Waals surface area contributed by atoms with E-state index in [2.05, 4.69) is 83.8 Å². The molecule has 0 aromatic heterocycles. The monoisotopic (exact) mass is 632 g/mol. The van der Waals surface area contributed by atoms with Gasteiger partial charge < -0.3 is 43.1 Å². The average molecular weight is 636 g/mol. The van der Waals surface area contributed by atoms with Crippen molar-refractivity contribution < 1.29 is 60.2 Å². The zero-order chi connectivity index (χ0) is 18.6. The van der Waals surface area contributed by atoms with Crippen molar-refractivity contribution in [3.8, 4) is 0 Å². The van der Waals surface area contributed by atoms with Gasteiger partial charge in [-0.25, -0.2) is 24.3 Å². The molecule has 0 amide bonds. The van der Waals surface area contributed by atoms with Crippen LogP contribution in [0.4, 0.5) is 0 Å². The fraction of sp³-hybridized carbons (Fsp3) is 0.545. The summed E-state index contributed by atoms with van der Waals surface area (Å²) in [7, 11) is -2.52. The molecule has 2 heterocycles. The Morgan fingerprint density at radius 1 is 0.552 bits per heavy atom. The molecule has 0 aliphatic carbocycles. The number of rotatable bonds is 4. The number of hydrogen-bond acceptors (Lipinski definition) is 2. The van der Waals surface area contributed by atoms with Gasteiger partial charge in [-0.3, -0.25) is 0 Å². The van der Waals surface area contributed by atoms with Gasteiger partial charge in [0, 0.05) is 0 Å². The summed E-state index contributed by atoms with van der Waals surface area (Å²) in [4.78, 5) is 0. The summed E-state index contributed by atoms with van der Waals surface area (Å²) in [6.45, 7) is 15.2. The Balaban J connectivity index is 0.000000490. The van der Waals surface area contributed by atoms with Gasteiger partial charge in [0.2, 0.25) is 0 Å². The summed E-state index contributed by atoms with van der Waals surface area (Å²) in [5.74, 6) is 0.